The number of nitrogens with one attached hydrogen (secondary N) is 4. The Morgan fingerprint density at radius 2 is 1.56 bits per heavy atom. The molecular weight excluding hydrogens is 504 g/mol. The maximum atomic E-state index is 13.1. The fraction of sp³-hybridized carbons (Fsp3) is 0.357. The summed E-state index contributed by atoms with van der Waals surface area (Å²) in [5.41, 5.74) is 1.42. The number of carbonyl (C=O) groups is 4. The van der Waals surface area contributed by atoms with Gasteiger partial charge in [0.15, 0.2) is 0 Å². The molecule has 0 unspecified atom stereocenters. The molecule has 11 nitrogen and oxygen atoms in total. The lowest BCUT2D eigenvalue weighted by Crippen LogP contribution is -2.55. The van der Waals surface area contributed by atoms with E-state index in [0.29, 0.717) is 5.56 Å². The van der Waals surface area contributed by atoms with Crippen LogP contribution < -0.4 is 16.0 Å². The Balaban J connectivity index is 1.68. The van der Waals surface area contributed by atoms with Gasteiger partial charge in [-0.15, -0.1) is 0 Å². The van der Waals surface area contributed by atoms with Crippen LogP contribution in [-0.2, 0) is 32.0 Å². The molecule has 3 amide bonds. The Morgan fingerprint density at radius 3 is 2.21 bits per heavy atom. The maximum Gasteiger partial charge on any atom is 0.408 e. The van der Waals surface area contributed by atoms with E-state index in [1.54, 1.807) is 39.1 Å². The van der Waals surface area contributed by atoms with Crippen LogP contribution in [-0.4, -0.2) is 62.8 Å². The molecule has 3 atom stereocenters. The van der Waals surface area contributed by atoms with Crippen molar-refractivity contribution in [3.05, 3.63) is 65.9 Å². The highest BCUT2D eigenvalue weighted by molar-refractivity contribution is 5.93. The normalized spacial score (nSPS) is 13.6. The number of fused-ring (bicyclic) bond motifs is 1. The topological polar surface area (TPSA) is 170 Å². The van der Waals surface area contributed by atoms with Gasteiger partial charge in [0, 0.05) is 29.9 Å². The van der Waals surface area contributed by atoms with Crippen molar-refractivity contribution < 1.29 is 34.1 Å². The van der Waals surface area contributed by atoms with Gasteiger partial charge in [-0.2, -0.15) is 0 Å². The highest BCUT2D eigenvalue weighted by atomic mass is 16.6. The number of hydrogen-bond acceptors (Lipinski definition) is 6. The van der Waals surface area contributed by atoms with Gasteiger partial charge in [-0.05, 0) is 57.0 Å². The number of amides is 3. The molecule has 0 saturated heterocycles. The molecule has 0 bridgehead atoms. The smallest absolute Gasteiger partial charge is 0.408 e. The van der Waals surface area contributed by atoms with E-state index >= 15 is 0 Å². The quantitative estimate of drug-likeness (QED) is 0.230. The first-order valence-electron chi connectivity index (χ1n) is 12.5. The summed E-state index contributed by atoms with van der Waals surface area (Å²) in [6.07, 6.45) is 0.977. The fourth-order valence-electron chi connectivity index (χ4n) is 3.92. The predicted molar refractivity (Wildman–Crippen MR) is 144 cm³/mol. The van der Waals surface area contributed by atoms with E-state index in [1.807, 2.05) is 24.3 Å². The molecule has 0 spiro atoms. The molecule has 1 heterocycles. The monoisotopic (exact) mass is 538 g/mol. The number of H-pyrrole nitrogens is 1. The van der Waals surface area contributed by atoms with Crippen LogP contribution in [0.4, 0.5) is 4.79 Å². The van der Waals surface area contributed by atoms with Crippen LogP contribution in [0.25, 0.3) is 10.9 Å². The van der Waals surface area contributed by atoms with Gasteiger partial charge in [-0.3, -0.25) is 9.59 Å². The average molecular weight is 539 g/mol. The molecule has 0 saturated carbocycles. The van der Waals surface area contributed by atoms with Crippen LogP contribution in [0.3, 0.4) is 0 Å². The maximum absolute atomic E-state index is 13.1. The summed E-state index contributed by atoms with van der Waals surface area (Å²) in [5.74, 6) is -2.54. The van der Waals surface area contributed by atoms with Gasteiger partial charge in [-0.25, -0.2) is 9.59 Å². The van der Waals surface area contributed by atoms with Crippen molar-refractivity contribution in [3.8, 4) is 5.75 Å². The first-order chi connectivity index (χ1) is 18.3. The van der Waals surface area contributed by atoms with Crippen LogP contribution in [0.5, 0.6) is 5.75 Å². The number of aromatic amines is 1. The Labute approximate surface area is 225 Å². The largest absolute Gasteiger partial charge is 0.508 e. The second-order valence-corrected chi connectivity index (χ2v) is 10.3. The number of rotatable bonds is 10. The van der Waals surface area contributed by atoms with Crippen molar-refractivity contribution in [2.75, 3.05) is 0 Å². The number of benzene rings is 2. The SMILES string of the molecule is C[C@@H](NC(=O)[C@H](Cc1ccc(O)cc1)NC(=O)OC(C)(C)C)C(=O)N[C@@H](Cc1c[nH]c2ccccc12)C(=O)O. The minimum Gasteiger partial charge on any atom is -0.508 e. The molecule has 2 aromatic carbocycles. The van der Waals surface area contributed by atoms with Gasteiger partial charge in [0.1, 0.15) is 29.5 Å². The second-order valence-electron chi connectivity index (χ2n) is 10.3. The number of aliphatic carboxylic acids is 1. The van der Waals surface area contributed by atoms with Crippen molar-refractivity contribution in [1.29, 1.82) is 0 Å². The van der Waals surface area contributed by atoms with E-state index in [9.17, 15) is 29.4 Å². The highest BCUT2D eigenvalue weighted by Gasteiger charge is 2.29. The summed E-state index contributed by atoms with van der Waals surface area (Å²) in [7, 11) is 0. The summed E-state index contributed by atoms with van der Waals surface area (Å²) in [4.78, 5) is 53.4. The zero-order valence-electron chi connectivity index (χ0n) is 22.3. The molecule has 0 fully saturated rings. The summed E-state index contributed by atoms with van der Waals surface area (Å²) in [6, 6.07) is 10.1. The highest BCUT2D eigenvalue weighted by Crippen LogP contribution is 2.19. The zero-order chi connectivity index (χ0) is 28.7. The van der Waals surface area contributed by atoms with Crippen LogP contribution in [0, 0.1) is 0 Å². The molecule has 3 rings (SSSR count). The first-order valence-corrected chi connectivity index (χ1v) is 12.5. The molecular formula is C28H34N4O7. The number of phenols is 1. The van der Waals surface area contributed by atoms with Gasteiger partial charge >= 0.3 is 12.1 Å². The third kappa shape index (κ3) is 8.49. The molecule has 39 heavy (non-hydrogen) atoms. The lowest BCUT2D eigenvalue weighted by atomic mass is 10.0. The van der Waals surface area contributed by atoms with Crippen molar-refractivity contribution in [3.63, 3.8) is 0 Å². The molecule has 0 aliphatic heterocycles. The van der Waals surface area contributed by atoms with Gasteiger partial charge in [-0.1, -0.05) is 30.3 Å². The number of aromatic nitrogens is 1. The van der Waals surface area contributed by atoms with E-state index in [0.717, 1.165) is 16.5 Å². The minimum absolute atomic E-state index is 0.0371. The van der Waals surface area contributed by atoms with Crippen molar-refractivity contribution in [1.82, 2.24) is 20.9 Å². The number of hydrogen-bond donors (Lipinski definition) is 6. The summed E-state index contributed by atoms with van der Waals surface area (Å²) in [6.45, 7) is 6.47. The number of aromatic hydroxyl groups is 1. The number of carboxylic acid groups (broad SMARTS) is 1. The Morgan fingerprint density at radius 1 is 0.897 bits per heavy atom. The minimum atomic E-state index is -1.23. The Hall–Kier alpha value is -4.54. The standard InChI is InChI=1S/C28H34N4O7/c1-16(24(34)31-23(26(36)37)14-18-15-29-21-8-6-5-7-20(18)21)30-25(35)22(32-27(38)39-28(2,3)4)13-17-9-11-19(33)12-10-17/h5-12,15-16,22-23,29,33H,13-14H2,1-4H3,(H,30,35)(H,31,34)(H,32,38)(H,36,37)/t16-,22+,23+/m1/s1. The van der Waals surface area contributed by atoms with E-state index in [-0.39, 0.29) is 18.6 Å². The van der Waals surface area contributed by atoms with Gasteiger partial charge in [0.2, 0.25) is 11.8 Å². The molecule has 0 radical (unpaired) electrons. The van der Waals surface area contributed by atoms with E-state index in [1.165, 1.54) is 19.1 Å². The Kier molecular flexibility index (Phi) is 9.18. The van der Waals surface area contributed by atoms with Crippen LogP contribution >= 0.6 is 0 Å². The number of alkyl carbamates (subject to hydrolysis) is 1. The summed E-state index contributed by atoms with van der Waals surface area (Å²) < 4.78 is 5.27. The van der Waals surface area contributed by atoms with Crippen molar-refractivity contribution >= 4 is 34.8 Å². The number of carboxylic acids is 1. The lowest BCUT2D eigenvalue weighted by molar-refractivity contribution is -0.142. The lowest BCUT2D eigenvalue weighted by Gasteiger charge is -2.25. The van der Waals surface area contributed by atoms with Crippen LogP contribution in [0.1, 0.15) is 38.8 Å². The first kappa shape index (κ1) is 29.0. The van der Waals surface area contributed by atoms with Gasteiger partial charge < -0.3 is 35.9 Å². The number of para-hydroxylation sites is 1. The third-order valence-electron chi connectivity index (χ3n) is 5.85. The molecule has 6 N–H and O–H groups in total. The average Bonchev–Trinajstić information content (AvgIpc) is 3.26. The molecule has 208 valence electrons. The van der Waals surface area contributed by atoms with Crippen LogP contribution in [0.15, 0.2) is 54.7 Å². The summed E-state index contributed by atoms with van der Waals surface area (Å²) in [5, 5.41) is 27.7. The molecule has 3 aromatic rings. The number of ether oxygens (including phenoxy) is 1. The fourth-order valence-corrected chi connectivity index (χ4v) is 3.92. The summed E-state index contributed by atoms with van der Waals surface area (Å²) >= 11 is 0. The van der Waals surface area contributed by atoms with E-state index in [4.69, 9.17) is 4.74 Å². The number of phenolic OH excluding ortho intramolecular Hbond substituents is 1. The van der Waals surface area contributed by atoms with E-state index in [2.05, 4.69) is 20.9 Å². The molecule has 11 heteroatoms. The van der Waals surface area contributed by atoms with Crippen molar-refractivity contribution in [2.24, 2.45) is 0 Å². The molecule has 0 aliphatic rings. The van der Waals surface area contributed by atoms with Crippen LogP contribution in [0.2, 0.25) is 0 Å². The Bertz CT molecular complexity index is 1330. The van der Waals surface area contributed by atoms with Gasteiger partial charge in [0.25, 0.3) is 0 Å². The van der Waals surface area contributed by atoms with E-state index < -0.39 is 47.6 Å². The second kappa shape index (κ2) is 12.3. The predicted octanol–water partition coefficient (Wildman–Crippen LogP) is 2.63. The number of carbonyl (C=O) groups excluding carboxylic acids is 3. The van der Waals surface area contributed by atoms with Gasteiger partial charge in [0.05, 0.1) is 0 Å². The van der Waals surface area contributed by atoms with Crippen molar-refractivity contribution in [2.45, 2.75) is 64.3 Å². The molecule has 1 aromatic heterocycles. The third-order valence-corrected chi connectivity index (χ3v) is 5.85. The molecule has 0 aliphatic carbocycles. The zero-order valence-corrected chi connectivity index (χ0v) is 22.3.